The Kier molecular flexibility index (Phi) is 6.52. The van der Waals surface area contributed by atoms with Crippen molar-refractivity contribution >= 4 is 17.4 Å². The minimum atomic E-state index is -0.798. The molecule has 1 heterocycles. The number of ketones is 1. The molecule has 3 rings (SSSR count). The highest BCUT2D eigenvalue weighted by Gasteiger charge is 2.46. The molecule has 7 heteroatoms. The number of likely N-dealkylation sites (tertiary alicyclic amines) is 1. The van der Waals surface area contributed by atoms with E-state index in [1.165, 1.54) is 36.3 Å². The van der Waals surface area contributed by atoms with Crippen molar-refractivity contribution in [2.75, 3.05) is 34.3 Å². The molecule has 30 heavy (non-hydrogen) atoms. The summed E-state index contributed by atoms with van der Waals surface area (Å²) in [6, 6.07) is 11.4. The fourth-order valence-electron chi connectivity index (χ4n) is 3.65. The molecule has 0 saturated carbocycles. The van der Waals surface area contributed by atoms with Crippen LogP contribution in [0.25, 0.3) is 5.76 Å². The van der Waals surface area contributed by atoms with Gasteiger partial charge in [0.25, 0.3) is 11.7 Å². The average Bonchev–Trinajstić information content (AvgIpc) is 2.98. The number of ether oxygens (including phenoxy) is 1. The van der Waals surface area contributed by atoms with Crippen LogP contribution in [-0.4, -0.2) is 60.9 Å². The van der Waals surface area contributed by atoms with Crippen LogP contribution in [0.4, 0.5) is 4.39 Å². The molecule has 6 nitrogen and oxygen atoms in total. The van der Waals surface area contributed by atoms with Crippen molar-refractivity contribution in [1.82, 2.24) is 9.80 Å². The third-order valence-corrected chi connectivity index (χ3v) is 5.10. The first-order chi connectivity index (χ1) is 14.3. The van der Waals surface area contributed by atoms with Crippen molar-refractivity contribution in [3.63, 3.8) is 0 Å². The van der Waals surface area contributed by atoms with E-state index in [-0.39, 0.29) is 16.9 Å². The van der Waals surface area contributed by atoms with Gasteiger partial charge in [0.2, 0.25) is 0 Å². The average molecular weight is 412 g/mol. The number of carbonyl (C=O) groups is 2. The van der Waals surface area contributed by atoms with E-state index in [1.807, 2.05) is 19.0 Å². The van der Waals surface area contributed by atoms with Crippen LogP contribution < -0.4 is 4.74 Å². The van der Waals surface area contributed by atoms with Crippen LogP contribution in [0.15, 0.2) is 54.1 Å². The highest BCUT2D eigenvalue weighted by molar-refractivity contribution is 6.46. The van der Waals surface area contributed by atoms with E-state index in [0.29, 0.717) is 24.3 Å². The summed E-state index contributed by atoms with van der Waals surface area (Å²) in [6.45, 7) is 1.07. The molecule has 1 aliphatic rings. The third-order valence-electron chi connectivity index (χ3n) is 5.10. The molecular weight excluding hydrogens is 387 g/mol. The Bertz CT molecular complexity index is 969. The van der Waals surface area contributed by atoms with E-state index in [0.717, 1.165) is 6.54 Å². The first-order valence-electron chi connectivity index (χ1n) is 9.67. The molecule has 0 aliphatic carbocycles. The monoisotopic (exact) mass is 412 g/mol. The van der Waals surface area contributed by atoms with E-state index >= 15 is 0 Å². The van der Waals surface area contributed by atoms with Crippen molar-refractivity contribution in [1.29, 1.82) is 0 Å². The maximum Gasteiger partial charge on any atom is 0.295 e. The smallest absolute Gasteiger partial charge is 0.295 e. The molecule has 0 aromatic heterocycles. The zero-order valence-corrected chi connectivity index (χ0v) is 17.3. The Morgan fingerprint density at radius 2 is 1.80 bits per heavy atom. The zero-order chi connectivity index (χ0) is 21.8. The maximum atomic E-state index is 13.3. The number of methoxy groups -OCH3 is 1. The van der Waals surface area contributed by atoms with Crippen LogP contribution in [0, 0.1) is 5.82 Å². The molecule has 1 N–H and O–H groups in total. The lowest BCUT2D eigenvalue weighted by Gasteiger charge is -2.27. The van der Waals surface area contributed by atoms with Crippen molar-refractivity contribution in [2.45, 2.75) is 12.5 Å². The predicted octanol–water partition coefficient (Wildman–Crippen LogP) is 3.21. The van der Waals surface area contributed by atoms with Crippen LogP contribution in [-0.2, 0) is 9.59 Å². The van der Waals surface area contributed by atoms with Gasteiger partial charge in [-0.05, 0) is 57.4 Å². The topological polar surface area (TPSA) is 70.1 Å². The third kappa shape index (κ3) is 4.21. The second-order valence-electron chi connectivity index (χ2n) is 7.40. The van der Waals surface area contributed by atoms with Crippen LogP contribution in [0.3, 0.4) is 0 Å². The molecule has 1 amide bonds. The number of halogens is 1. The van der Waals surface area contributed by atoms with Gasteiger partial charge < -0.3 is 19.6 Å². The van der Waals surface area contributed by atoms with Crippen LogP contribution >= 0.6 is 0 Å². The van der Waals surface area contributed by atoms with E-state index in [2.05, 4.69) is 0 Å². The molecule has 2 aromatic carbocycles. The Hall–Kier alpha value is -3.19. The summed E-state index contributed by atoms with van der Waals surface area (Å²) in [7, 11) is 5.37. The largest absolute Gasteiger partial charge is 0.507 e. The number of hydrogen-bond donors (Lipinski definition) is 1. The fraction of sp³-hybridized carbons (Fsp3) is 0.304. The minimum Gasteiger partial charge on any atom is -0.507 e. The van der Waals surface area contributed by atoms with Gasteiger partial charge in [-0.25, -0.2) is 4.39 Å². The summed E-state index contributed by atoms with van der Waals surface area (Å²) in [4.78, 5) is 29.3. The van der Waals surface area contributed by atoms with Gasteiger partial charge in [0, 0.05) is 17.7 Å². The lowest BCUT2D eigenvalue weighted by molar-refractivity contribution is -0.140. The SMILES string of the molecule is COc1ccccc1C1/C(=C(/O)c2ccc(F)cc2)C(=O)C(=O)N1CCCN(C)C. The van der Waals surface area contributed by atoms with Gasteiger partial charge in [0.15, 0.2) is 0 Å². The highest BCUT2D eigenvalue weighted by atomic mass is 19.1. The number of aliphatic hydroxyl groups excluding tert-OH is 1. The number of rotatable bonds is 7. The minimum absolute atomic E-state index is 0.0269. The molecule has 0 radical (unpaired) electrons. The first-order valence-corrected chi connectivity index (χ1v) is 9.67. The van der Waals surface area contributed by atoms with E-state index in [1.54, 1.807) is 24.3 Å². The molecule has 1 atom stereocenters. The van der Waals surface area contributed by atoms with E-state index in [4.69, 9.17) is 4.74 Å². The Labute approximate surface area is 175 Å². The standard InChI is InChI=1S/C23H25FN2O4/c1-25(2)13-6-14-26-20(17-7-4-5-8-18(17)30-3)19(22(28)23(26)29)21(27)15-9-11-16(24)12-10-15/h4-5,7-12,20,27H,6,13-14H2,1-3H3/b21-19-. The van der Waals surface area contributed by atoms with Gasteiger partial charge in [-0.3, -0.25) is 9.59 Å². The summed E-state index contributed by atoms with van der Waals surface area (Å²) in [5.74, 6) is -1.73. The van der Waals surface area contributed by atoms with Gasteiger partial charge >= 0.3 is 0 Å². The molecule has 1 saturated heterocycles. The summed E-state index contributed by atoms with van der Waals surface area (Å²) in [6.07, 6.45) is 0.655. The van der Waals surface area contributed by atoms with Crippen LogP contribution in [0.1, 0.15) is 23.6 Å². The molecule has 158 valence electrons. The molecule has 1 fully saturated rings. The van der Waals surface area contributed by atoms with E-state index < -0.39 is 23.5 Å². The number of para-hydroxylation sites is 1. The predicted molar refractivity (Wildman–Crippen MR) is 112 cm³/mol. The first kappa shape index (κ1) is 21.5. The van der Waals surface area contributed by atoms with Gasteiger partial charge in [-0.15, -0.1) is 0 Å². The van der Waals surface area contributed by atoms with Crippen molar-refractivity contribution < 1.29 is 23.8 Å². The van der Waals surface area contributed by atoms with Gasteiger partial charge in [-0.1, -0.05) is 18.2 Å². The fourth-order valence-corrected chi connectivity index (χ4v) is 3.65. The Morgan fingerprint density at radius 3 is 2.43 bits per heavy atom. The molecule has 2 aromatic rings. The summed E-state index contributed by atoms with van der Waals surface area (Å²) in [5, 5.41) is 10.9. The molecule has 0 spiro atoms. The van der Waals surface area contributed by atoms with Gasteiger partial charge in [0.1, 0.15) is 17.3 Å². The summed E-state index contributed by atoms with van der Waals surface area (Å²) >= 11 is 0. The summed E-state index contributed by atoms with van der Waals surface area (Å²) in [5.41, 5.74) is 0.844. The molecule has 1 aliphatic heterocycles. The number of Topliss-reactive ketones (excluding diaryl/α,β-unsaturated/α-hetero) is 1. The normalized spacial score (nSPS) is 18.3. The number of carbonyl (C=O) groups excluding carboxylic acids is 2. The number of benzene rings is 2. The second-order valence-corrected chi connectivity index (χ2v) is 7.40. The zero-order valence-electron chi connectivity index (χ0n) is 17.3. The van der Waals surface area contributed by atoms with Crippen molar-refractivity contribution in [2.24, 2.45) is 0 Å². The molecular formula is C23H25FN2O4. The van der Waals surface area contributed by atoms with Gasteiger partial charge in [0.05, 0.1) is 18.7 Å². The lowest BCUT2D eigenvalue weighted by Crippen LogP contribution is -2.32. The second kappa shape index (κ2) is 9.09. The van der Waals surface area contributed by atoms with Crippen molar-refractivity contribution in [3.05, 3.63) is 71.0 Å². The number of aliphatic hydroxyl groups is 1. The number of amides is 1. The van der Waals surface area contributed by atoms with Crippen molar-refractivity contribution in [3.8, 4) is 5.75 Å². The Morgan fingerprint density at radius 1 is 1.13 bits per heavy atom. The van der Waals surface area contributed by atoms with E-state index in [9.17, 15) is 19.1 Å². The maximum absolute atomic E-state index is 13.3. The highest BCUT2D eigenvalue weighted by Crippen LogP contribution is 2.42. The van der Waals surface area contributed by atoms with Crippen LogP contribution in [0.2, 0.25) is 0 Å². The summed E-state index contributed by atoms with van der Waals surface area (Å²) < 4.78 is 18.8. The number of hydrogen-bond acceptors (Lipinski definition) is 5. The van der Waals surface area contributed by atoms with Crippen LogP contribution in [0.5, 0.6) is 5.75 Å². The molecule has 0 bridgehead atoms. The number of nitrogens with zero attached hydrogens (tertiary/aromatic N) is 2. The quantitative estimate of drug-likeness (QED) is 0.430. The Balaban J connectivity index is 2.13. The van der Waals surface area contributed by atoms with Gasteiger partial charge in [-0.2, -0.15) is 0 Å². The lowest BCUT2D eigenvalue weighted by atomic mass is 9.94. The molecule has 1 unspecified atom stereocenters.